The van der Waals surface area contributed by atoms with Crippen molar-refractivity contribution in [1.29, 1.82) is 0 Å². The van der Waals surface area contributed by atoms with Crippen LogP contribution in [0.15, 0.2) is 48.7 Å². The topological polar surface area (TPSA) is 86.8 Å². The third-order valence-electron chi connectivity index (χ3n) is 4.23. The molecule has 1 heterocycles. The fourth-order valence-electron chi connectivity index (χ4n) is 2.83. The second kappa shape index (κ2) is 9.50. The quantitative estimate of drug-likeness (QED) is 0.564. The van der Waals surface area contributed by atoms with E-state index in [1.165, 1.54) is 0 Å². The van der Waals surface area contributed by atoms with E-state index in [1.54, 1.807) is 52.8 Å². The van der Waals surface area contributed by atoms with E-state index in [2.05, 4.69) is 20.6 Å². The van der Waals surface area contributed by atoms with Crippen LogP contribution in [0.1, 0.15) is 5.56 Å². The highest BCUT2D eigenvalue weighted by Crippen LogP contribution is 2.40. The van der Waals surface area contributed by atoms with E-state index in [0.717, 1.165) is 11.3 Å². The number of methoxy groups -OCH3 is 4. The minimum absolute atomic E-state index is 0.435. The van der Waals surface area contributed by atoms with Crippen LogP contribution in [0, 0.1) is 0 Å². The number of nitrogens with one attached hydrogen (secondary N) is 2. The first-order valence-electron chi connectivity index (χ1n) is 8.94. The molecule has 8 nitrogen and oxygen atoms in total. The zero-order valence-electron chi connectivity index (χ0n) is 16.9. The third kappa shape index (κ3) is 4.78. The summed E-state index contributed by atoms with van der Waals surface area (Å²) in [5.41, 5.74) is 1.74. The molecule has 29 heavy (non-hydrogen) atoms. The highest BCUT2D eigenvalue weighted by Gasteiger charge is 2.14. The van der Waals surface area contributed by atoms with E-state index in [4.69, 9.17) is 18.9 Å². The van der Waals surface area contributed by atoms with Crippen LogP contribution in [-0.2, 0) is 6.54 Å². The van der Waals surface area contributed by atoms with Crippen LogP contribution in [0.5, 0.6) is 23.0 Å². The molecule has 0 atom stereocenters. The first-order valence-corrected chi connectivity index (χ1v) is 8.94. The van der Waals surface area contributed by atoms with Crippen LogP contribution in [0.3, 0.4) is 0 Å². The summed E-state index contributed by atoms with van der Waals surface area (Å²) >= 11 is 0. The number of benzene rings is 2. The van der Waals surface area contributed by atoms with E-state index in [0.29, 0.717) is 41.2 Å². The van der Waals surface area contributed by atoms with Gasteiger partial charge in [-0.05, 0) is 12.1 Å². The van der Waals surface area contributed by atoms with Gasteiger partial charge in [0.25, 0.3) is 0 Å². The van der Waals surface area contributed by atoms with Crippen molar-refractivity contribution in [3.8, 4) is 23.0 Å². The zero-order chi connectivity index (χ0) is 20.6. The second-order valence-electron chi connectivity index (χ2n) is 5.97. The Morgan fingerprint density at radius 1 is 0.828 bits per heavy atom. The van der Waals surface area contributed by atoms with Gasteiger partial charge in [0, 0.05) is 36.1 Å². The van der Waals surface area contributed by atoms with Gasteiger partial charge in [-0.3, -0.25) is 0 Å². The lowest BCUT2D eigenvalue weighted by molar-refractivity contribution is 0.324. The number of hydrogen-bond acceptors (Lipinski definition) is 8. The first-order chi connectivity index (χ1) is 14.2. The van der Waals surface area contributed by atoms with E-state index >= 15 is 0 Å². The number of anilines is 3. The molecule has 0 aliphatic heterocycles. The average Bonchev–Trinajstić information content (AvgIpc) is 2.77. The van der Waals surface area contributed by atoms with E-state index in [9.17, 15) is 0 Å². The van der Waals surface area contributed by atoms with Crippen molar-refractivity contribution in [3.05, 3.63) is 54.2 Å². The molecule has 152 valence electrons. The summed E-state index contributed by atoms with van der Waals surface area (Å²) in [4.78, 5) is 8.78. The Morgan fingerprint density at radius 3 is 2.17 bits per heavy atom. The molecule has 2 aromatic carbocycles. The fourth-order valence-corrected chi connectivity index (χ4v) is 2.83. The molecule has 0 spiro atoms. The SMILES string of the molecule is COc1ccccc1CNc1ccnc(Nc2cc(OC)c(OC)c(OC)c2)n1. The summed E-state index contributed by atoms with van der Waals surface area (Å²) in [5.74, 6) is 3.54. The molecule has 8 heteroatoms. The Bertz CT molecular complexity index is 940. The summed E-state index contributed by atoms with van der Waals surface area (Å²) in [6, 6.07) is 13.2. The molecule has 0 amide bonds. The molecule has 0 aliphatic rings. The maximum absolute atomic E-state index is 5.38. The number of hydrogen-bond donors (Lipinski definition) is 2. The van der Waals surface area contributed by atoms with Gasteiger partial charge >= 0.3 is 0 Å². The van der Waals surface area contributed by atoms with Gasteiger partial charge < -0.3 is 29.6 Å². The second-order valence-corrected chi connectivity index (χ2v) is 5.97. The zero-order valence-corrected chi connectivity index (χ0v) is 16.9. The van der Waals surface area contributed by atoms with Crippen molar-refractivity contribution in [1.82, 2.24) is 9.97 Å². The Kier molecular flexibility index (Phi) is 6.57. The molecule has 0 unspecified atom stereocenters. The molecule has 0 saturated carbocycles. The number of nitrogens with zero attached hydrogens (tertiary/aromatic N) is 2. The molecule has 0 saturated heterocycles. The minimum atomic E-state index is 0.435. The normalized spacial score (nSPS) is 10.2. The molecule has 2 N–H and O–H groups in total. The number of para-hydroxylation sites is 1. The molecule has 0 fully saturated rings. The van der Waals surface area contributed by atoms with Crippen LogP contribution in [-0.4, -0.2) is 38.4 Å². The van der Waals surface area contributed by atoms with E-state index in [-0.39, 0.29) is 0 Å². The number of ether oxygens (including phenoxy) is 4. The standard InChI is InChI=1S/C21H24N4O4/c1-26-16-8-6-5-7-14(16)13-23-19-9-10-22-21(25-19)24-15-11-17(27-2)20(29-4)18(12-15)28-3/h5-12H,13H2,1-4H3,(H2,22,23,24,25). The summed E-state index contributed by atoms with van der Waals surface area (Å²) < 4.78 is 21.5. The highest BCUT2D eigenvalue weighted by molar-refractivity contribution is 5.66. The van der Waals surface area contributed by atoms with Gasteiger partial charge in [-0.25, -0.2) is 4.98 Å². The summed E-state index contributed by atoms with van der Waals surface area (Å²) in [7, 11) is 6.36. The van der Waals surface area contributed by atoms with Gasteiger partial charge in [-0.2, -0.15) is 4.98 Å². The maximum Gasteiger partial charge on any atom is 0.229 e. The molecular weight excluding hydrogens is 372 g/mol. The van der Waals surface area contributed by atoms with Crippen LogP contribution in [0.25, 0.3) is 0 Å². The van der Waals surface area contributed by atoms with Crippen molar-refractivity contribution in [2.45, 2.75) is 6.54 Å². The Balaban J connectivity index is 1.76. The Morgan fingerprint density at radius 2 is 1.52 bits per heavy atom. The molecule has 0 aliphatic carbocycles. The van der Waals surface area contributed by atoms with Crippen molar-refractivity contribution < 1.29 is 18.9 Å². The monoisotopic (exact) mass is 396 g/mol. The smallest absolute Gasteiger partial charge is 0.229 e. The van der Waals surface area contributed by atoms with Gasteiger partial charge in [0.2, 0.25) is 11.7 Å². The van der Waals surface area contributed by atoms with Gasteiger partial charge in [0.1, 0.15) is 11.6 Å². The van der Waals surface area contributed by atoms with Crippen LogP contribution < -0.4 is 29.6 Å². The molecule has 0 radical (unpaired) electrons. The van der Waals surface area contributed by atoms with Gasteiger partial charge in [0.05, 0.1) is 28.4 Å². The van der Waals surface area contributed by atoms with Crippen LogP contribution >= 0.6 is 0 Å². The van der Waals surface area contributed by atoms with Crippen LogP contribution in [0.4, 0.5) is 17.5 Å². The lowest BCUT2D eigenvalue weighted by Gasteiger charge is -2.15. The summed E-state index contributed by atoms with van der Waals surface area (Å²) in [6.07, 6.45) is 1.68. The van der Waals surface area contributed by atoms with E-state index in [1.807, 2.05) is 24.3 Å². The summed E-state index contributed by atoms with van der Waals surface area (Å²) in [6.45, 7) is 0.574. The van der Waals surface area contributed by atoms with E-state index < -0.39 is 0 Å². The molecule has 3 rings (SSSR count). The third-order valence-corrected chi connectivity index (χ3v) is 4.23. The highest BCUT2D eigenvalue weighted by atomic mass is 16.5. The maximum atomic E-state index is 5.38. The lowest BCUT2D eigenvalue weighted by atomic mass is 10.2. The number of aromatic nitrogens is 2. The van der Waals surface area contributed by atoms with Gasteiger partial charge in [-0.1, -0.05) is 18.2 Å². The molecule has 0 bridgehead atoms. The predicted molar refractivity (Wildman–Crippen MR) is 112 cm³/mol. The molecule has 3 aromatic rings. The molecule has 1 aromatic heterocycles. The van der Waals surface area contributed by atoms with Crippen molar-refractivity contribution in [3.63, 3.8) is 0 Å². The predicted octanol–water partition coefficient (Wildman–Crippen LogP) is 3.87. The largest absolute Gasteiger partial charge is 0.496 e. The number of rotatable bonds is 9. The minimum Gasteiger partial charge on any atom is -0.496 e. The van der Waals surface area contributed by atoms with Gasteiger partial charge in [0.15, 0.2) is 11.5 Å². The average molecular weight is 396 g/mol. The van der Waals surface area contributed by atoms with Crippen LogP contribution in [0.2, 0.25) is 0 Å². The summed E-state index contributed by atoms with van der Waals surface area (Å²) in [5, 5.41) is 6.45. The fraction of sp³-hybridized carbons (Fsp3) is 0.238. The van der Waals surface area contributed by atoms with Crippen molar-refractivity contribution >= 4 is 17.5 Å². The first kappa shape index (κ1) is 20.1. The van der Waals surface area contributed by atoms with Gasteiger partial charge in [-0.15, -0.1) is 0 Å². The Labute approximate surface area is 169 Å². The van der Waals surface area contributed by atoms with Crippen molar-refractivity contribution in [2.75, 3.05) is 39.1 Å². The lowest BCUT2D eigenvalue weighted by Crippen LogP contribution is -2.05. The Hall–Kier alpha value is -3.68. The molecular formula is C21H24N4O4. The van der Waals surface area contributed by atoms with Crippen molar-refractivity contribution in [2.24, 2.45) is 0 Å².